The molecule has 5 aliphatic rings. The Morgan fingerprint density at radius 1 is 1.00 bits per heavy atom. The van der Waals surface area contributed by atoms with Gasteiger partial charge < -0.3 is 44.4 Å². The molecule has 1 aromatic carbocycles. The van der Waals surface area contributed by atoms with Crippen LogP contribution in [0.1, 0.15) is 88.3 Å². The van der Waals surface area contributed by atoms with Crippen LogP contribution in [0.3, 0.4) is 0 Å². The highest BCUT2D eigenvalue weighted by molar-refractivity contribution is 5.87. The maximum atomic E-state index is 12.4. The second-order valence-corrected chi connectivity index (χ2v) is 13.8. The number of fused-ring (bicyclic) bond motifs is 4. The average molecular weight is 645 g/mol. The lowest BCUT2D eigenvalue weighted by Gasteiger charge is -2.53. The summed E-state index contributed by atoms with van der Waals surface area (Å²) in [4.78, 5) is 19.0. The Balaban J connectivity index is 0.862. The summed E-state index contributed by atoms with van der Waals surface area (Å²) in [5, 5.41) is 40.1. The van der Waals surface area contributed by atoms with Crippen LogP contribution in [-0.2, 0) is 20.6 Å². The van der Waals surface area contributed by atoms with E-state index < -0.39 is 43.5 Å². The lowest BCUT2D eigenvalue weighted by Crippen LogP contribution is -2.59. The molecule has 1 aromatic heterocycles. The van der Waals surface area contributed by atoms with Gasteiger partial charge in [-0.3, -0.25) is 4.90 Å². The van der Waals surface area contributed by atoms with Crippen LogP contribution < -0.4 is 4.74 Å². The zero-order valence-corrected chi connectivity index (χ0v) is 27.0. The molecule has 3 saturated heterocycles. The van der Waals surface area contributed by atoms with Crippen molar-refractivity contribution in [3.8, 4) is 5.75 Å². The van der Waals surface area contributed by atoms with Gasteiger partial charge in [0, 0.05) is 48.3 Å². The van der Waals surface area contributed by atoms with Gasteiger partial charge in [-0.05, 0) is 67.7 Å². The quantitative estimate of drug-likeness (QED) is 0.116. The summed E-state index contributed by atoms with van der Waals surface area (Å²) in [6, 6.07) is 6.52. The van der Waals surface area contributed by atoms with Crippen molar-refractivity contribution in [1.82, 2.24) is 9.88 Å². The maximum Gasteiger partial charge on any atom is 0.513 e. The molecule has 1 aliphatic carbocycles. The Morgan fingerprint density at radius 2 is 1.76 bits per heavy atom. The minimum Gasteiger partial charge on any atom is -0.434 e. The van der Waals surface area contributed by atoms with Crippen molar-refractivity contribution in [3.63, 3.8) is 0 Å². The third-order valence-corrected chi connectivity index (χ3v) is 10.8. The Kier molecular flexibility index (Phi) is 11.2. The average Bonchev–Trinajstić information content (AvgIpc) is 3.38. The predicted molar refractivity (Wildman–Crippen MR) is 171 cm³/mol. The Bertz CT molecular complexity index is 1300. The standard InChI is InChI=1S/C35H52N2O9/c1-2-22-16-21-17-26-29-24(12-13-37(19-21)30(22)26)25-18-23(10-11-27(25)36-29)45-35(42)44-15-9-7-5-3-4-6-8-14-43-34-33(41)32(40)31(39)28(20-38)46-34/h10-11,18,21-22,26,28,30-34,36,38-41H,2-9,12-17,19-20H2,1H3/t21-,22-,26-,28?,30?,31+,32-,33+,34?/m0/s1. The summed E-state index contributed by atoms with van der Waals surface area (Å²) in [6.45, 7) is 4.88. The summed E-state index contributed by atoms with van der Waals surface area (Å²) in [5.41, 5.74) is 3.92. The second-order valence-electron chi connectivity index (χ2n) is 13.8. The molecule has 11 nitrogen and oxygen atoms in total. The number of hydrogen-bond donors (Lipinski definition) is 5. The number of nitrogens with zero attached hydrogens (tertiary/aromatic N) is 1. The zero-order valence-electron chi connectivity index (χ0n) is 27.0. The molecule has 256 valence electrons. The van der Waals surface area contributed by atoms with Crippen LogP contribution in [0.4, 0.5) is 4.79 Å². The van der Waals surface area contributed by atoms with Crippen molar-refractivity contribution in [2.75, 3.05) is 32.9 Å². The van der Waals surface area contributed by atoms with E-state index in [0.29, 0.717) is 30.9 Å². The van der Waals surface area contributed by atoms with Crippen LogP contribution in [0.5, 0.6) is 5.75 Å². The van der Waals surface area contributed by atoms with E-state index in [4.69, 9.17) is 18.9 Å². The molecule has 2 aromatic rings. The van der Waals surface area contributed by atoms with Crippen molar-refractivity contribution in [3.05, 3.63) is 29.5 Å². The number of piperidine rings is 2. The first-order valence-electron chi connectivity index (χ1n) is 17.5. The van der Waals surface area contributed by atoms with Gasteiger partial charge in [0.1, 0.15) is 30.2 Å². The molecule has 4 aliphatic heterocycles. The Morgan fingerprint density at radius 3 is 2.52 bits per heavy atom. The van der Waals surface area contributed by atoms with E-state index in [9.17, 15) is 25.2 Å². The van der Waals surface area contributed by atoms with Gasteiger partial charge in [-0.1, -0.05) is 45.4 Å². The highest BCUT2D eigenvalue weighted by Crippen LogP contribution is 2.51. The molecule has 5 N–H and O–H groups in total. The first kappa shape index (κ1) is 33.6. The summed E-state index contributed by atoms with van der Waals surface area (Å²) in [6.07, 6.45) is 4.59. The van der Waals surface area contributed by atoms with Crippen molar-refractivity contribution < 1.29 is 44.2 Å². The Labute approximate surface area is 271 Å². The number of H-pyrrole nitrogens is 1. The van der Waals surface area contributed by atoms with Crippen LogP contribution >= 0.6 is 0 Å². The fourth-order valence-corrected chi connectivity index (χ4v) is 8.51. The van der Waals surface area contributed by atoms with E-state index in [0.717, 1.165) is 75.3 Å². The van der Waals surface area contributed by atoms with Crippen LogP contribution in [0.15, 0.2) is 18.2 Å². The Hall–Kier alpha value is -2.25. The van der Waals surface area contributed by atoms with Gasteiger partial charge in [-0.15, -0.1) is 0 Å². The SMILES string of the molecule is CC[C@H]1C[C@H]2C[C@H]3c4[nH]c5ccc(OC(=O)OCCCCCCCCCOC6OC(CO)[C@@H](O)[C@H](O)[C@H]6O)cc5c4CCN(C2)C13. The molecule has 1 saturated carbocycles. The first-order valence-corrected chi connectivity index (χ1v) is 17.5. The molecule has 4 fully saturated rings. The molecule has 46 heavy (non-hydrogen) atoms. The number of ether oxygens (including phenoxy) is 4. The summed E-state index contributed by atoms with van der Waals surface area (Å²) in [5.74, 6) is 2.67. The van der Waals surface area contributed by atoms with Crippen molar-refractivity contribution in [2.45, 2.75) is 120 Å². The number of hydrogen-bond acceptors (Lipinski definition) is 10. The molecular formula is C35H52N2O9. The molecule has 4 unspecified atom stereocenters. The van der Waals surface area contributed by atoms with Gasteiger partial charge in [-0.25, -0.2) is 4.79 Å². The molecule has 11 heteroatoms. The molecule has 4 bridgehead atoms. The van der Waals surface area contributed by atoms with E-state index in [-0.39, 0.29) is 0 Å². The number of nitrogens with one attached hydrogen (secondary N) is 1. The number of unbranched alkanes of at least 4 members (excludes halogenated alkanes) is 6. The number of aliphatic hydroxyl groups is 4. The normalized spacial score (nSPS) is 33.5. The van der Waals surface area contributed by atoms with Gasteiger partial charge in [0.05, 0.1) is 13.2 Å². The predicted octanol–water partition coefficient (Wildman–Crippen LogP) is 3.99. The highest BCUT2D eigenvalue weighted by atomic mass is 16.7. The van der Waals surface area contributed by atoms with Gasteiger partial charge in [0.25, 0.3) is 0 Å². The number of aromatic nitrogens is 1. The second kappa shape index (κ2) is 15.3. The third-order valence-electron chi connectivity index (χ3n) is 10.8. The minimum atomic E-state index is -1.42. The van der Waals surface area contributed by atoms with Gasteiger partial charge in [-0.2, -0.15) is 0 Å². The van der Waals surface area contributed by atoms with Crippen LogP contribution in [0, 0.1) is 11.8 Å². The minimum absolute atomic E-state index is 0.326. The van der Waals surface area contributed by atoms with Gasteiger partial charge >= 0.3 is 6.16 Å². The molecule has 0 spiro atoms. The van der Waals surface area contributed by atoms with E-state index in [2.05, 4.69) is 16.8 Å². The van der Waals surface area contributed by atoms with Crippen molar-refractivity contribution in [1.29, 1.82) is 0 Å². The smallest absolute Gasteiger partial charge is 0.434 e. The van der Waals surface area contributed by atoms with E-state index >= 15 is 0 Å². The van der Waals surface area contributed by atoms with E-state index in [1.807, 2.05) is 18.2 Å². The fraction of sp³-hybridized carbons (Fsp3) is 0.743. The highest BCUT2D eigenvalue weighted by Gasteiger charge is 2.48. The van der Waals surface area contributed by atoms with Crippen LogP contribution in [-0.4, -0.2) is 106 Å². The molecule has 10 atom stereocenters. The molecule has 0 amide bonds. The summed E-state index contributed by atoms with van der Waals surface area (Å²) < 4.78 is 21.8. The zero-order chi connectivity index (χ0) is 32.2. The largest absolute Gasteiger partial charge is 0.513 e. The molecular weight excluding hydrogens is 592 g/mol. The number of aromatic amines is 1. The lowest BCUT2D eigenvalue weighted by atomic mass is 9.65. The number of carbonyl (C=O) groups is 1. The van der Waals surface area contributed by atoms with Gasteiger partial charge in [0.15, 0.2) is 6.29 Å². The van der Waals surface area contributed by atoms with Crippen LogP contribution in [0.25, 0.3) is 10.9 Å². The first-order chi connectivity index (χ1) is 22.4. The number of benzene rings is 1. The van der Waals surface area contributed by atoms with Gasteiger partial charge in [0.2, 0.25) is 0 Å². The maximum absolute atomic E-state index is 12.4. The topological polar surface area (TPSA) is 154 Å². The third kappa shape index (κ3) is 7.26. The number of aliphatic hydroxyl groups excluding tert-OH is 4. The summed E-state index contributed by atoms with van der Waals surface area (Å²) >= 11 is 0. The molecule has 0 radical (unpaired) electrons. The monoisotopic (exact) mass is 644 g/mol. The summed E-state index contributed by atoms with van der Waals surface area (Å²) in [7, 11) is 0. The number of rotatable bonds is 14. The van der Waals surface area contributed by atoms with E-state index in [1.54, 1.807) is 0 Å². The fourth-order valence-electron chi connectivity index (χ4n) is 8.51. The van der Waals surface area contributed by atoms with E-state index in [1.165, 1.54) is 42.5 Å². The van der Waals surface area contributed by atoms with Crippen LogP contribution in [0.2, 0.25) is 0 Å². The molecule has 7 rings (SSSR count). The molecule has 5 heterocycles. The van der Waals surface area contributed by atoms with Crippen molar-refractivity contribution >= 4 is 17.1 Å². The lowest BCUT2D eigenvalue weighted by molar-refractivity contribution is -0.301. The number of carbonyl (C=O) groups excluding carboxylic acids is 1. The van der Waals surface area contributed by atoms with Crippen molar-refractivity contribution in [2.24, 2.45) is 11.8 Å².